The van der Waals surface area contributed by atoms with Crippen molar-refractivity contribution < 1.29 is 4.79 Å². The third kappa shape index (κ3) is 2.87. The standard InChI is InChI=1S/C13H13N3O/c1-9-4-3-5-12(15-9)16-13(17)11-6-7-14-10(2)8-11/h3-8H,1-2H3,(H,15,16,17). The summed E-state index contributed by atoms with van der Waals surface area (Å²) in [7, 11) is 0. The minimum absolute atomic E-state index is 0.173. The number of hydrogen-bond donors (Lipinski definition) is 1. The Morgan fingerprint density at radius 3 is 2.71 bits per heavy atom. The van der Waals surface area contributed by atoms with E-state index in [0.29, 0.717) is 11.4 Å². The summed E-state index contributed by atoms with van der Waals surface area (Å²) in [6.07, 6.45) is 1.62. The molecule has 86 valence electrons. The van der Waals surface area contributed by atoms with Crippen molar-refractivity contribution in [1.82, 2.24) is 9.97 Å². The van der Waals surface area contributed by atoms with Gasteiger partial charge in [-0.1, -0.05) is 6.07 Å². The van der Waals surface area contributed by atoms with Gasteiger partial charge in [-0.2, -0.15) is 0 Å². The molecule has 1 N–H and O–H groups in total. The van der Waals surface area contributed by atoms with Crippen molar-refractivity contribution in [2.45, 2.75) is 13.8 Å². The van der Waals surface area contributed by atoms with E-state index in [1.54, 1.807) is 24.4 Å². The normalized spacial score (nSPS) is 10.0. The molecule has 2 heterocycles. The highest BCUT2D eigenvalue weighted by molar-refractivity contribution is 6.03. The SMILES string of the molecule is Cc1cc(C(=O)Nc2cccc(C)n2)ccn1. The van der Waals surface area contributed by atoms with Gasteiger partial charge >= 0.3 is 0 Å². The molecule has 2 aromatic rings. The Kier molecular flexibility index (Phi) is 3.14. The zero-order chi connectivity index (χ0) is 12.3. The molecule has 0 spiro atoms. The van der Waals surface area contributed by atoms with Crippen molar-refractivity contribution >= 4 is 11.7 Å². The van der Waals surface area contributed by atoms with Gasteiger partial charge in [0, 0.05) is 23.1 Å². The molecule has 0 unspecified atom stereocenters. The van der Waals surface area contributed by atoms with Gasteiger partial charge in [0.25, 0.3) is 5.91 Å². The van der Waals surface area contributed by atoms with Crippen LogP contribution in [-0.4, -0.2) is 15.9 Å². The summed E-state index contributed by atoms with van der Waals surface area (Å²) in [5.41, 5.74) is 2.27. The van der Waals surface area contributed by atoms with Gasteiger partial charge in [0.15, 0.2) is 0 Å². The summed E-state index contributed by atoms with van der Waals surface area (Å²) in [6.45, 7) is 3.73. The third-order valence-corrected chi connectivity index (χ3v) is 2.29. The van der Waals surface area contributed by atoms with E-state index in [-0.39, 0.29) is 5.91 Å². The molecule has 0 aliphatic heterocycles. The van der Waals surface area contributed by atoms with Gasteiger partial charge in [-0.05, 0) is 38.1 Å². The number of nitrogens with one attached hydrogen (secondary N) is 1. The van der Waals surface area contributed by atoms with Crippen LogP contribution < -0.4 is 5.32 Å². The first kappa shape index (κ1) is 11.3. The molecule has 4 heteroatoms. The molecule has 0 aromatic carbocycles. The molecule has 0 radical (unpaired) electrons. The van der Waals surface area contributed by atoms with Crippen molar-refractivity contribution in [3.8, 4) is 0 Å². The van der Waals surface area contributed by atoms with E-state index in [1.807, 2.05) is 26.0 Å². The Bertz CT molecular complexity index is 552. The number of rotatable bonds is 2. The van der Waals surface area contributed by atoms with E-state index in [0.717, 1.165) is 11.4 Å². The zero-order valence-corrected chi connectivity index (χ0v) is 9.77. The minimum Gasteiger partial charge on any atom is -0.307 e. The van der Waals surface area contributed by atoms with Crippen molar-refractivity contribution in [2.24, 2.45) is 0 Å². The van der Waals surface area contributed by atoms with Crippen LogP contribution in [0, 0.1) is 13.8 Å². The molecule has 0 bridgehead atoms. The average molecular weight is 227 g/mol. The first-order valence-electron chi connectivity index (χ1n) is 5.33. The summed E-state index contributed by atoms with van der Waals surface area (Å²) in [5, 5.41) is 2.75. The smallest absolute Gasteiger partial charge is 0.256 e. The summed E-state index contributed by atoms with van der Waals surface area (Å²) in [5.74, 6) is 0.387. The largest absolute Gasteiger partial charge is 0.307 e. The van der Waals surface area contributed by atoms with Crippen LogP contribution in [0.3, 0.4) is 0 Å². The molecule has 0 saturated carbocycles. The molecular weight excluding hydrogens is 214 g/mol. The number of carbonyl (C=O) groups excluding carboxylic acids is 1. The van der Waals surface area contributed by atoms with Crippen LogP contribution in [0.5, 0.6) is 0 Å². The predicted octanol–water partition coefficient (Wildman–Crippen LogP) is 2.35. The quantitative estimate of drug-likeness (QED) is 0.856. The maximum absolute atomic E-state index is 11.9. The molecule has 0 aliphatic rings. The number of pyridine rings is 2. The van der Waals surface area contributed by atoms with E-state index < -0.39 is 0 Å². The van der Waals surface area contributed by atoms with Crippen LogP contribution in [0.25, 0.3) is 0 Å². The Morgan fingerprint density at radius 1 is 1.18 bits per heavy atom. The highest BCUT2D eigenvalue weighted by Crippen LogP contribution is 2.07. The van der Waals surface area contributed by atoms with E-state index in [9.17, 15) is 4.79 Å². The van der Waals surface area contributed by atoms with Crippen LogP contribution in [0.2, 0.25) is 0 Å². The maximum Gasteiger partial charge on any atom is 0.256 e. The molecule has 0 aliphatic carbocycles. The first-order chi connectivity index (χ1) is 8.15. The molecule has 0 atom stereocenters. The van der Waals surface area contributed by atoms with E-state index in [1.165, 1.54) is 0 Å². The lowest BCUT2D eigenvalue weighted by Gasteiger charge is -2.05. The van der Waals surface area contributed by atoms with Gasteiger partial charge in [-0.3, -0.25) is 9.78 Å². The Labute approximate surface area is 99.7 Å². The summed E-state index contributed by atoms with van der Waals surface area (Å²) < 4.78 is 0. The van der Waals surface area contributed by atoms with E-state index >= 15 is 0 Å². The molecule has 17 heavy (non-hydrogen) atoms. The number of aromatic nitrogens is 2. The van der Waals surface area contributed by atoms with Crippen LogP contribution >= 0.6 is 0 Å². The van der Waals surface area contributed by atoms with Gasteiger partial charge in [0.05, 0.1) is 0 Å². The van der Waals surface area contributed by atoms with Gasteiger partial charge in [-0.15, -0.1) is 0 Å². The first-order valence-corrected chi connectivity index (χ1v) is 5.33. The molecule has 0 saturated heterocycles. The van der Waals surface area contributed by atoms with Crippen LogP contribution in [0.4, 0.5) is 5.82 Å². The second-order valence-electron chi connectivity index (χ2n) is 3.80. The monoisotopic (exact) mass is 227 g/mol. The fourth-order valence-corrected chi connectivity index (χ4v) is 1.49. The van der Waals surface area contributed by atoms with Gasteiger partial charge in [0.1, 0.15) is 5.82 Å². The second-order valence-corrected chi connectivity index (χ2v) is 3.80. The zero-order valence-electron chi connectivity index (χ0n) is 9.77. The highest BCUT2D eigenvalue weighted by Gasteiger charge is 2.06. The van der Waals surface area contributed by atoms with Gasteiger partial charge < -0.3 is 5.32 Å². The lowest BCUT2D eigenvalue weighted by Crippen LogP contribution is -2.13. The highest BCUT2D eigenvalue weighted by atomic mass is 16.1. The number of nitrogens with zero attached hydrogens (tertiary/aromatic N) is 2. The molecule has 2 rings (SSSR count). The Hall–Kier alpha value is -2.23. The summed E-state index contributed by atoms with van der Waals surface area (Å²) in [4.78, 5) is 20.2. The molecule has 2 aromatic heterocycles. The number of aryl methyl sites for hydroxylation is 2. The lowest BCUT2D eigenvalue weighted by molar-refractivity contribution is 0.102. The predicted molar refractivity (Wildman–Crippen MR) is 65.9 cm³/mol. The number of amides is 1. The van der Waals surface area contributed by atoms with E-state index in [2.05, 4.69) is 15.3 Å². The number of hydrogen-bond acceptors (Lipinski definition) is 3. The van der Waals surface area contributed by atoms with Crippen LogP contribution in [0.15, 0.2) is 36.5 Å². The Morgan fingerprint density at radius 2 is 2.00 bits per heavy atom. The summed E-state index contributed by atoms with van der Waals surface area (Å²) >= 11 is 0. The molecule has 1 amide bonds. The second kappa shape index (κ2) is 4.74. The number of carbonyl (C=O) groups is 1. The molecular formula is C13H13N3O. The topological polar surface area (TPSA) is 54.9 Å². The summed E-state index contributed by atoms with van der Waals surface area (Å²) in [6, 6.07) is 8.92. The van der Waals surface area contributed by atoms with Crippen molar-refractivity contribution in [1.29, 1.82) is 0 Å². The minimum atomic E-state index is -0.173. The van der Waals surface area contributed by atoms with Crippen LogP contribution in [-0.2, 0) is 0 Å². The Balaban J connectivity index is 2.17. The van der Waals surface area contributed by atoms with Crippen molar-refractivity contribution in [3.05, 3.63) is 53.5 Å². The fourth-order valence-electron chi connectivity index (χ4n) is 1.49. The van der Waals surface area contributed by atoms with Gasteiger partial charge in [-0.25, -0.2) is 4.98 Å². The number of anilines is 1. The molecule has 4 nitrogen and oxygen atoms in total. The fraction of sp³-hybridized carbons (Fsp3) is 0.154. The maximum atomic E-state index is 11.9. The molecule has 0 fully saturated rings. The third-order valence-electron chi connectivity index (χ3n) is 2.29. The van der Waals surface area contributed by atoms with Crippen molar-refractivity contribution in [3.63, 3.8) is 0 Å². The van der Waals surface area contributed by atoms with Crippen molar-refractivity contribution in [2.75, 3.05) is 5.32 Å². The lowest BCUT2D eigenvalue weighted by atomic mass is 10.2. The van der Waals surface area contributed by atoms with E-state index in [4.69, 9.17) is 0 Å². The van der Waals surface area contributed by atoms with Gasteiger partial charge in [0.2, 0.25) is 0 Å². The van der Waals surface area contributed by atoms with Crippen LogP contribution in [0.1, 0.15) is 21.7 Å². The average Bonchev–Trinajstić information content (AvgIpc) is 2.29.